The molecule has 0 bridgehead atoms. The average Bonchev–Trinajstić information content (AvgIpc) is 2.47. The van der Waals surface area contributed by atoms with Crippen molar-refractivity contribution in [1.29, 1.82) is 0 Å². The van der Waals surface area contributed by atoms with Gasteiger partial charge in [-0.05, 0) is 32.9 Å². The maximum atomic E-state index is 11.6. The molecule has 1 saturated heterocycles. The molecule has 1 aromatic carbocycles. The Bertz CT molecular complexity index is 565. The predicted molar refractivity (Wildman–Crippen MR) is 80.5 cm³/mol. The Kier molecular flexibility index (Phi) is 4.13. The largest absolute Gasteiger partial charge is 0.371 e. The van der Waals surface area contributed by atoms with Crippen LogP contribution < -0.4 is 16.0 Å². The molecule has 21 heavy (non-hydrogen) atoms. The lowest BCUT2D eigenvalue weighted by Crippen LogP contribution is -2.50. The van der Waals surface area contributed by atoms with Crippen LogP contribution in [-0.2, 0) is 0 Å². The van der Waals surface area contributed by atoms with Gasteiger partial charge in [0.1, 0.15) is 0 Å². The van der Waals surface area contributed by atoms with E-state index in [1.807, 2.05) is 7.05 Å². The highest BCUT2D eigenvalue weighted by Gasteiger charge is 2.30. The maximum Gasteiger partial charge on any atom is 0.270 e. The van der Waals surface area contributed by atoms with Gasteiger partial charge in [0.25, 0.3) is 11.6 Å². The Morgan fingerprint density at radius 1 is 1.43 bits per heavy atom. The van der Waals surface area contributed by atoms with E-state index in [1.54, 1.807) is 6.07 Å². The van der Waals surface area contributed by atoms with Crippen LogP contribution in [0.15, 0.2) is 18.2 Å². The van der Waals surface area contributed by atoms with Gasteiger partial charge in [0.15, 0.2) is 0 Å². The van der Waals surface area contributed by atoms with Gasteiger partial charge in [-0.25, -0.2) is 0 Å². The first-order valence-electron chi connectivity index (χ1n) is 6.88. The Balaban J connectivity index is 2.28. The van der Waals surface area contributed by atoms with Gasteiger partial charge in [-0.1, -0.05) is 0 Å². The SMILES string of the molecule is CNC1(C)CCN(c2ccc([N+](=O)[O-])cc2C(N)=O)CC1. The van der Waals surface area contributed by atoms with E-state index in [2.05, 4.69) is 17.1 Å². The van der Waals surface area contributed by atoms with Crippen LogP contribution in [0.2, 0.25) is 0 Å². The van der Waals surface area contributed by atoms with Gasteiger partial charge in [-0.15, -0.1) is 0 Å². The molecule has 0 radical (unpaired) electrons. The normalized spacial score (nSPS) is 17.5. The number of carbonyl (C=O) groups excluding carboxylic acids is 1. The highest BCUT2D eigenvalue weighted by molar-refractivity contribution is 5.99. The summed E-state index contributed by atoms with van der Waals surface area (Å²) in [6, 6.07) is 4.28. The van der Waals surface area contributed by atoms with Crippen LogP contribution in [0.25, 0.3) is 0 Å². The number of carbonyl (C=O) groups is 1. The molecule has 0 atom stereocenters. The van der Waals surface area contributed by atoms with Gasteiger partial charge in [0.2, 0.25) is 0 Å². The van der Waals surface area contributed by atoms with Gasteiger partial charge < -0.3 is 16.0 Å². The quantitative estimate of drug-likeness (QED) is 0.643. The average molecular weight is 292 g/mol. The molecule has 0 saturated carbocycles. The third-order valence-corrected chi connectivity index (χ3v) is 4.27. The van der Waals surface area contributed by atoms with Gasteiger partial charge in [-0.3, -0.25) is 14.9 Å². The van der Waals surface area contributed by atoms with Crippen molar-refractivity contribution in [2.24, 2.45) is 5.73 Å². The summed E-state index contributed by atoms with van der Waals surface area (Å²) in [6.07, 6.45) is 1.86. The van der Waals surface area contributed by atoms with Crippen LogP contribution in [0.1, 0.15) is 30.1 Å². The van der Waals surface area contributed by atoms with E-state index < -0.39 is 10.8 Å². The van der Waals surface area contributed by atoms with Crippen molar-refractivity contribution in [3.63, 3.8) is 0 Å². The topological polar surface area (TPSA) is 102 Å². The van der Waals surface area contributed by atoms with Crippen LogP contribution in [0.3, 0.4) is 0 Å². The number of benzene rings is 1. The summed E-state index contributed by atoms with van der Waals surface area (Å²) in [5.74, 6) is -0.643. The van der Waals surface area contributed by atoms with E-state index in [4.69, 9.17) is 5.73 Å². The van der Waals surface area contributed by atoms with E-state index in [-0.39, 0.29) is 16.8 Å². The Hall–Kier alpha value is -2.15. The Morgan fingerprint density at radius 3 is 2.52 bits per heavy atom. The monoisotopic (exact) mass is 292 g/mol. The second-order valence-corrected chi connectivity index (χ2v) is 5.62. The lowest BCUT2D eigenvalue weighted by atomic mass is 9.89. The van der Waals surface area contributed by atoms with Gasteiger partial charge in [-0.2, -0.15) is 0 Å². The number of nitrogens with two attached hydrogens (primary N) is 1. The summed E-state index contributed by atoms with van der Waals surface area (Å²) < 4.78 is 0. The smallest absolute Gasteiger partial charge is 0.270 e. The molecule has 1 aliphatic heterocycles. The molecular weight excluding hydrogens is 272 g/mol. The zero-order chi connectivity index (χ0) is 15.6. The first-order valence-corrected chi connectivity index (χ1v) is 6.88. The van der Waals surface area contributed by atoms with Gasteiger partial charge in [0, 0.05) is 30.8 Å². The second-order valence-electron chi connectivity index (χ2n) is 5.62. The number of nitrogens with one attached hydrogen (secondary N) is 1. The molecule has 1 aromatic rings. The first-order chi connectivity index (χ1) is 9.86. The van der Waals surface area contributed by atoms with Crippen molar-refractivity contribution < 1.29 is 9.72 Å². The molecule has 1 aliphatic rings. The van der Waals surface area contributed by atoms with Crippen molar-refractivity contribution in [3.05, 3.63) is 33.9 Å². The van der Waals surface area contributed by atoms with Crippen LogP contribution >= 0.6 is 0 Å². The van der Waals surface area contributed by atoms with Crippen molar-refractivity contribution in [1.82, 2.24) is 5.32 Å². The van der Waals surface area contributed by atoms with Crippen molar-refractivity contribution in [2.45, 2.75) is 25.3 Å². The molecule has 3 N–H and O–H groups in total. The molecule has 2 rings (SSSR count). The first kappa shape index (κ1) is 15.2. The predicted octanol–water partition coefficient (Wildman–Crippen LogP) is 1.27. The summed E-state index contributed by atoms with van der Waals surface area (Å²) in [4.78, 5) is 23.9. The number of hydrogen-bond acceptors (Lipinski definition) is 5. The molecule has 0 aliphatic carbocycles. The summed E-state index contributed by atoms with van der Waals surface area (Å²) in [5, 5.41) is 14.1. The number of anilines is 1. The number of primary amides is 1. The fourth-order valence-corrected chi connectivity index (χ4v) is 2.60. The summed E-state index contributed by atoms with van der Waals surface area (Å²) >= 11 is 0. The van der Waals surface area contributed by atoms with E-state index >= 15 is 0 Å². The van der Waals surface area contributed by atoms with Crippen molar-refractivity contribution >= 4 is 17.3 Å². The lowest BCUT2D eigenvalue weighted by Gasteiger charge is -2.40. The van der Waals surface area contributed by atoms with E-state index in [0.29, 0.717) is 5.69 Å². The zero-order valence-electron chi connectivity index (χ0n) is 12.3. The number of nitro benzene ring substituents is 1. The van der Waals surface area contributed by atoms with Gasteiger partial charge in [0.05, 0.1) is 16.2 Å². The molecule has 0 unspecified atom stereocenters. The zero-order valence-corrected chi connectivity index (χ0v) is 12.3. The van der Waals surface area contributed by atoms with Crippen molar-refractivity contribution in [2.75, 3.05) is 25.0 Å². The molecule has 1 amide bonds. The molecule has 1 fully saturated rings. The molecule has 1 heterocycles. The minimum absolute atomic E-state index is 0.0875. The number of piperidine rings is 1. The van der Waals surface area contributed by atoms with Gasteiger partial charge >= 0.3 is 0 Å². The standard InChI is InChI=1S/C14H20N4O3/c1-14(16-2)5-7-17(8-6-14)12-4-3-10(18(20)21)9-11(12)13(15)19/h3-4,9,16H,5-8H2,1-2H3,(H2,15,19). The molecule has 0 aromatic heterocycles. The lowest BCUT2D eigenvalue weighted by molar-refractivity contribution is -0.384. The van der Waals surface area contributed by atoms with Crippen LogP contribution in [0.4, 0.5) is 11.4 Å². The number of amides is 1. The second kappa shape index (κ2) is 5.69. The van der Waals surface area contributed by atoms with E-state index in [0.717, 1.165) is 25.9 Å². The molecule has 7 heteroatoms. The molecule has 0 spiro atoms. The van der Waals surface area contributed by atoms with E-state index in [1.165, 1.54) is 12.1 Å². The third-order valence-electron chi connectivity index (χ3n) is 4.27. The molecule has 114 valence electrons. The van der Waals surface area contributed by atoms with Crippen LogP contribution in [0, 0.1) is 10.1 Å². The minimum Gasteiger partial charge on any atom is -0.371 e. The maximum absolute atomic E-state index is 11.6. The van der Waals surface area contributed by atoms with Crippen LogP contribution in [-0.4, -0.2) is 36.5 Å². The number of non-ortho nitro benzene ring substituents is 1. The minimum atomic E-state index is -0.643. The third kappa shape index (κ3) is 3.13. The number of nitrogens with zero attached hydrogens (tertiary/aromatic N) is 2. The highest BCUT2D eigenvalue weighted by atomic mass is 16.6. The fraction of sp³-hybridized carbons (Fsp3) is 0.500. The number of hydrogen-bond donors (Lipinski definition) is 2. The van der Waals surface area contributed by atoms with E-state index in [9.17, 15) is 14.9 Å². The van der Waals surface area contributed by atoms with Crippen LogP contribution in [0.5, 0.6) is 0 Å². The molecule has 7 nitrogen and oxygen atoms in total. The Labute approximate surface area is 123 Å². The summed E-state index contributed by atoms with van der Waals surface area (Å²) in [5.41, 5.74) is 6.21. The molecular formula is C14H20N4O3. The number of rotatable bonds is 4. The summed E-state index contributed by atoms with van der Waals surface area (Å²) in [7, 11) is 1.94. The van der Waals surface area contributed by atoms with Crippen molar-refractivity contribution in [3.8, 4) is 0 Å². The number of nitro groups is 1. The highest BCUT2D eigenvalue weighted by Crippen LogP contribution is 2.30. The summed E-state index contributed by atoms with van der Waals surface area (Å²) in [6.45, 7) is 3.71. The fourth-order valence-electron chi connectivity index (χ4n) is 2.60. The Morgan fingerprint density at radius 2 is 2.05 bits per heavy atom.